The van der Waals surface area contributed by atoms with Gasteiger partial charge in [-0.1, -0.05) is 20.3 Å². The van der Waals surface area contributed by atoms with Crippen LogP contribution < -0.4 is 0 Å². The molecule has 0 spiro atoms. The Labute approximate surface area is 99.8 Å². The molecule has 1 aliphatic carbocycles. The highest BCUT2D eigenvalue weighted by atomic mass is 16.5. The van der Waals surface area contributed by atoms with Crippen molar-refractivity contribution in [2.45, 2.75) is 71.3 Å². The predicted molar refractivity (Wildman–Crippen MR) is 66.5 cm³/mol. The van der Waals surface area contributed by atoms with E-state index in [0.29, 0.717) is 18.8 Å². The Hall–Kier alpha value is -0.370. The summed E-state index contributed by atoms with van der Waals surface area (Å²) in [5.41, 5.74) is -0.420. The Bertz CT molecular complexity index is 215. The van der Waals surface area contributed by atoms with Crippen molar-refractivity contribution in [3.05, 3.63) is 0 Å². The fourth-order valence-electron chi connectivity index (χ4n) is 2.79. The second kappa shape index (κ2) is 6.39. The quantitative estimate of drug-likeness (QED) is 0.689. The molecule has 0 bridgehead atoms. The molecule has 1 saturated carbocycles. The van der Waals surface area contributed by atoms with Crippen LogP contribution in [0, 0.1) is 5.92 Å². The number of carbonyl (C=O) groups excluding carboxylic acids is 1. The molecule has 0 atom stereocenters. The molecule has 0 unspecified atom stereocenters. The maximum absolute atomic E-state index is 12.2. The number of ketones is 1. The average molecular weight is 226 g/mol. The van der Waals surface area contributed by atoms with E-state index in [9.17, 15) is 4.79 Å². The summed E-state index contributed by atoms with van der Waals surface area (Å²) in [6, 6.07) is 0. The van der Waals surface area contributed by atoms with Crippen LogP contribution in [-0.4, -0.2) is 18.0 Å². The maximum atomic E-state index is 12.2. The van der Waals surface area contributed by atoms with Crippen LogP contribution in [-0.2, 0) is 9.53 Å². The van der Waals surface area contributed by atoms with E-state index in [1.165, 1.54) is 6.42 Å². The molecule has 1 aliphatic rings. The van der Waals surface area contributed by atoms with Gasteiger partial charge in [-0.2, -0.15) is 0 Å². The Balaban J connectivity index is 2.63. The van der Waals surface area contributed by atoms with E-state index >= 15 is 0 Å². The lowest BCUT2D eigenvalue weighted by atomic mass is 9.75. The fraction of sp³-hybridized carbons (Fsp3) is 0.929. The summed E-state index contributed by atoms with van der Waals surface area (Å²) in [5, 5.41) is 0. The van der Waals surface area contributed by atoms with Gasteiger partial charge in [0.15, 0.2) is 5.78 Å². The fourth-order valence-corrected chi connectivity index (χ4v) is 2.79. The van der Waals surface area contributed by atoms with Crippen LogP contribution in [0.15, 0.2) is 0 Å². The van der Waals surface area contributed by atoms with Gasteiger partial charge >= 0.3 is 0 Å². The van der Waals surface area contributed by atoms with Crippen molar-refractivity contribution in [2.75, 3.05) is 6.61 Å². The number of carbonyl (C=O) groups is 1. The predicted octanol–water partition coefficient (Wildman–Crippen LogP) is 3.73. The van der Waals surface area contributed by atoms with Crippen LogP contribution in [0.5, 0.6) is 0 Å². The minimum Gasteiger partial charge on any atom is -0.368 e. The summed E-state index contributed by atoms with van der Waals surface area (Å²) in [4.78, 5) is 12.2. The second-order valence-corrected chi connectivity index (χ2v) is 4.95. The van der Waals surface area contributed by atoms with Crippen molar-refractivity contribution in [1.82, 2.24) is 0 Å². The Kier molecular flexibility index (Phi) is 5.47. The lowest BCUT2D eigenvalue weighted by Crippen LogP contribution is -2.44. The monoisotopic (exact) mass is 226 g/mol. The first-order valence-electron chi connectivity index (χ1n) is 6.85. The smallest absolute Gasteiger partial charge is 0.164 e. The molecular weight excluding hydrogens is 200 g/mol. The molecule has 0 aliphatic heterocycles. The average Bonchev–Trinajstić information content (AvgIpc) is 2.30. The summed E-state index contributed by atoms with van der Waals surface area (Å²) >= 11 is 0. The molecular formula is C14H26O2. The number of hydrogen-bond donors (Lipinski definition) is 0. The highest BCUT2D eigenvalue weighted by Crippen LogP contribution is 2.37. The molecule has 0 N–H and O–H groups in total. The molecule has 2 heteroatoms. The normalized spacial score (nSPS) is 30.3. The SMILES string of the molecule is CCCC(=O)C1(OCC)CCC(CC)CC1. The first kappa shape index (κ1) is 13.7. The van der Waals surface area contributed by atoms with Crippen molar-refractivity contribution in [3.8, 4) is 0 Å². The molecule has 0 saturated heterocycles. The van der Waals surface area contributed by atoms with Gasteiger partial charge in [-0.3, -0.25) is 4.79 Å². The lowest BCUT2D eigenvalue weighted by Gasteiger charge is -2.38. The standard InChI is InChI=1S/C14H26O2/c1-4-7-13(15)14(16-6-3)10-8-12(5-2)9-11-14/h12H,4-11H2,1-3H3. The van der Waals surface area contributed by atoms with Gasteiger partial charge in [0.1, 0.15) is 5.60 Å². The van der Waals surface area contributed by atoms with E-state index in [0.717, 1.165) is 38.0 Å². The molecule has 2 nitrogen and oxygen atoms in total. The summed E-state index contributed by atoms with van der Waals surface area (Å²) in [5.74, 6) is 1.15. The van der Waals surface area contributed by atoms with E-state index in [2.05, 4.69) is 13.8 Å². The van der Waals surface area contributed by atoms with Gasteiger partial charge in [0.05, 0.1) is 0 Å². The van der Waals surface area contributed by atoms with Crippen molar-refractivity contribution in [3.63, 3.8) is 0 Å². The van der Waals surface area contributed by atoms with Gasteiger partial charge in [0.25, 0.3) is 0 Å². The third-order valence-corrected chi connectivity index (χ3v) is 3.90. The highest BCUT2D eigenvalue weighted by molar-refractivity contribution is 5.87. The van der Waals surface area contributed by atoms with Crippen molar-refractivity contribution >= 4 is 5.78 Å². The first-order valence-corrected chi connectivity index (χ1v) is 6.85. The van der Waals surface area contributed by atoms with Gasteiger partial charge < -0.3 is 4.74 Å². The van der Waals surface area contributed by atoms with Crippen LogP contribution >= 0.6 is 0 Å². The van der Waals surface area contributed by atoms with Crippen LogP contribution in [0.4, 0.5) is 0 Å². The van der Waals surface area contributed by atoms with Crippen LogP contribution in [0.1, 0.15) is 65.7 Å². The molecule has 0 amide bonds. The number of Topliss-reactive ketones (excluding diaryl/α,β-unsaturated/α-hetero) is 1. The lowest BCUT2D eigenvalue weighted by molar-refractivity contribution is -0.150. The van der Waals surface area contributed by atoms with Gasteiger partial charge in [0, 0.05) is 13.0 Å². The Morgan fingerprint density at radius 1 is 1.25 bits per heavy atom. The second-order valence-electron chi connectivity index (χ2n) is 4.95. The van der Waals surface area contributed by atoms with Crippen molar-refractivity contribution in [2.24, 2.45) is 5.92 Å². The van der Waals surface area contributed by atoms with E-state index in [1.807, 2.05) is 6.92 Å². The van der Waals surface area contributed by atoms with E-state index in [4.69, 9.17) is 4.74 Å². The number of rotatable bonds is 6. The topological polar surface area (TPSA) is 26.3 Å². The number of hydrogen-bond acceptors (Lipinski definition) is 2. The first-order chi connectivity index (χ1) is 7.68. The molecule has 16 heavy (non-hydrogen) atoms. The molecule has 0 aromatic rings. The Morgan fingerprint density at radius 3 is 2.31 bits per heavy atom. The summed E-state index contributed by atoms with van der Waals surface area (Å²) < 4.78 is 5.83. The number of ether oxygens (including phenoxy) is 1. The van der Waals surface area contributed by atoms with Gasteiger partial charge in [0.2, 0.25) is 0 Å². The molecule has 1 rings (SSSR count). The summed E-state index contributed by atoms with van der Waals surface area (Å²) in [7, 11) is 0. The van der Waals surface area contributed by atoms with Crippen molar-refractivity contribution in [1.29, 1.82) is 0 Å². The largest absolute Gasteiger partial charge is 0.368 e. The van der Waals surface area contributed by atoms with Crippen LogP contribution in [0.25, 0.3) is 0 Å². The minimum absolute atomic E-state index is 0.339. The zero-order chi connectivity index (χ0) is 12.0. The summed E-state index contributed by atoms with van der Waals surface area (Å²) in [6.07, 6.45) is 7.06. The highest BCUT2D eigenvalue weighted by Gasteiger charge is 2.41. The maximum Gasteiger partial charge on any atom is 0.164 e. The van der Waals surface area contributed by atoms with Crippen molar-refractivity contribution < 1.29 is 9.53 Å². The molecule has 0 aromatic carbocycles. The molecule has 0 radical (unpaired) electrons. The Morgan fingerprint density at radius 2 is 1.88 bits per heavy atom. The van der Waals surface area contributed by atoms with E-state index < -0.39 is 5.60 Å². The zero-order valence-corrected chi connectivity index (χ0v) is 11.1. The van der Waals surface area contributed by atoms with Gasteiger partial charge in [-0.15, -0.1) is 0 Å². The minimum atomic E-state index is -0.420. The van der Waals surface area contributed by atoms with Gasteiger partial charge in [-0.25, -0.2) is 0 Å². The van der Waals surface area contributed by atoms with E-state index in [-0.39, 0.29) is 0 Å². The van der Waals surface area contributed by atoms with Crippen LogP contribution in [0.3, 0.4) is 0 Å². The molecule has 1 fully saturated rings. The molecule has 94 valence electrons. The summed E-state index contributed by atoms with van der Waals surface area (Å²) in [6.45, 7) is 6.96. The third-order valence-electron chi connectivity index (χ3n) is 3.90. The molecule has 0 heterocycles. The van der Waals surface area contributed by atoms with Crippen LogP contribution in [0.2, 0.25) is 0 Å². The molecule has 0 aromatic heterocycles. The zero-order valence-electron chi connectivity index (χ0n) is 11.1. The third kappa shape index (κ3) is 3.07. The van der Waals surface area contributed by atoms with Gasteiger partial charge in [-0.05, 0) is 44.9 Å². The van der Waals surface area contributed by atoms with E-state index in [1.54, 1.807) is 0 Å².